The quantitative estimate of drug-likeness (QED) is 0.622. The lowest BCUT2D eigenvalue weighted by Gasteiger charge is -2.09. The number of nitrogens with one attached hydrogen (secondary N) is 1. The molecular weight excluding hydrogens is 375 g/mol. The first-order valence-corrected chi connectivity index (χ1v) is 8.02. The predicted octanol–water partition coefficient (Wildman–Crippen LogP) is 3.81. The normalized spacial score (nSPS) is 11.5. The molecule has 2 aromatic heterocycles. The van der Waals surface area contributed by atoms with Gasteiger partial charge in [0.1, 0.15) is 11.5 Å². The monoisotopic (exact) mass is 385 g/mol. The summed E-state index contributed by atoms with van der Waals surface area (Å²) in [7, 11) is 0. The van der Waals surface area contributed by atoms with Crippen LogP contribution in [0, 0.1) is 0 Å². The molecule has 0 aliphatic heterocycles. The Morgan fingerprint density at radius 3 is 2.73 bits per heavy atom. The molecule has 3 rings (SSSR count). The number of carbonyl (C=O) groups is 1. The van der Waals surface area contributed by atoms with E-state index in [-0.39, 0.29) is 17.3 Å². The molecule has 0 radical (unpaired) electrons. The van der Waals surface area contributed by atoms with Gasteiger partial charge in [0.25, 0.3) is 0 Å². The second-order valence-corrected chi connectivity index (χ2v) is 5.86. The zero-order valence-electron chi connectivity index (χ0n) is 12.8. The Kier molecular flexibility index (Phi) is 4.89. The standard InChI is InChI=1S/C15H10F3N3O4S/c16-15(17,18)25-9-3-1-2-8(6-9)10-4-5-11(24-10)13-19-14(21-20-13)26-7-12(22)23/h1-6H,7H2,(H,22,23)(H,19,20,21). The maximum atomic E-state index is 12.3. The summed E-state index contributed by atoms with van der Waals surface area (Å²) in [4.78, 5) is 13.3. The molecule has 7 nitrogen and oxygen atoms in total. The zero-order chi connectivity index (χ0) is 18.7. The van der Waals surface area contributed by atoms with Gasteiger partial charge in [-0.3, -0.25) is 4.79 Å². The molecule has 0 unspecified atom stereocenters. The highest BCUT2D eigenvalue weighted by atomic mass is 32.2. The van der Waals surface area contributed by atoms with Crippen LogP contribution >= 0.6 is 11.8 Å². The van der Waals surface area contributed by atoms with E-state index in [1.165, 1.54) is 18.2 Å². The van der Waals surface area contributed by atoms with Gasteiger partial charge in [-0.2, -0.15) is 0 Å². The van der Waals surface area contributed by atoms with E-state index >= 15 is 0 Å². The van der Waals surface area contributed by atoms with Crippen molar-refractivity contribution in [2.75, 3.05) is 5.75 Å². The van der Waals surface area contributed by atoms with Crippen LogP contribution in [0.25, 0.3) is 22.9 Å². The summed E-state index contributed by atoms with van der Waals surface area (Å²) in [5, 5.41) is 16.6. The van der Waals surface area contributed by atoms with Crippen LogP contribution in [0.2, 0.25) is 0 Å². The third kappa shape index (κ3) is 4.57. The Bertz CT molecular complexity index is 923. The fraction of sp³-hybridized carbons (Fsp3) is 0.133. The second-order valence-electron chi connectivity index (χ2n) is 4.90. The molecule has 0 aliphatic carbocycles. The topological polar surface area (TPSA) is 101 Å². The van der Waals surface area contributed by atoms with Crippen molar-refractivity contribution in [1.29, 1.82) is 0 Å². The highest BCUT2D eigenvalue weighted by Crippen LogP contribution is 2.31. The molecule has 0 bridgehead atoms. The summed E-state index contributed by atoms with van der Waals surface area (Å²) >= 11 is 0.961. The number of carboxylic acid groups (broad SMARTS) is 1. The summed E-state index contributed by atoms with van der Waals surface area (Å²) in [6.45, 7) is 0. The summed E-state index contributed by atoms with van der Waals surface area (Å²) in [6, 6.07) is 8.50. The van der Waals surface area contributed by atoms with Crippen LogP contribution in [-0.2, 0) is 4.79 Å². The maximum absolute atomic E-state index is 12.3. The molecule has 0 atom stereocenters. The van der Waals surface area contributed by atoms with E-state index in [1.807, 2.05) is 0 Å². The van der Waals surface area contributed by atoms with E-state index in [2.05, 4.69) is 19.9 Å². The fourth-order valence-electron chi connectivity index (χ4n) is 2.02. The van der Waals surface area contributed by atoms with Gasteiger partial charge in [-0.25, -0.2) is 0 Å². The molecule has 3 aromatic rings. The van der Waals surface area contributed by atoms with Crippen molar-refractivity contribution in [2.45, 2.75) is 11.5 Å². The first-order valence-electron chi connectivity index (χ1n) is 7.04. The van der Waals surface area contributed by atoms with Gasteiger partial charge in [0.05, 0.1) is 5.75 Å². The minimum Gasteiger partial charge on any atom is -0.481 e. The number of nitrogens with zero attached hydrogens (tertiary/aromatic N) is 2. The summed E-state index contributed by atoms with van der Waals surface area (Å²) in [6.07, 6.45) is -4.78. The number of aliphatic carboxylic acids is 1. The Labute approximate surface area is 148 Å². The minimum atomic E-state index is -4.78. The number of carboxylic acids is 1. The summed E-state index contributed by atoms with van der Waals surface area (Å²) < 4.78 is 46.4. The molecule has 26 heavy (non-hydrogen) atoms. The summed E-state index contributed by atoms with van der Waals surface area (Å²) in [5.74, 6) is -0.647. The molecule has 1 aromatic carbocycles. The van der Waals surface area contributed by atoms with E-state index < -0.39 is 12.3 Å². The number of aromatic nitrogens is 3. The number of hydrogen-bond donors (Lipinski definition) is 2. The molecule has 0 amide bonds. The van der Waals surface area contributed by atoms with Gasteiger partial charge in [0, 0.05) is 5.56 Å². The van der Waals surface area contributed by atoms with Crippen LogP contribution in [0.15, 0.2) is 46.0 Å². The molecule has 0 aliphatic rings. The third-order valence-corrected chi connectivity index (χ3v) is 3.84. The molecule has 0 saturated carbocycles. The Morgan fingerprint density at radius 1 is 1.23 bits per heavy atom. The van der Waals surface area contributed by atoms with Crippen LogP contribution in [0.4, 0.5) is 13.2 Å². The first kappa shape index (κ1) is 17.9. The maximum Gasteiger partial charge on any atom is 0.573 e. The lowest BCUT2D eigenvalue weighted by atomic mass is 10.1. The van der Waals surface area contributed by atoms with Crippen LogP contribution in [0.3, 0.4) is 0 Å². The molecule has 0 fully saturated rings. The number of H-pyrrole nitrogens is 1. The van der Waals surface area contributed by atoms with Crippen LogP contribution in [-0.4, -0.2) is 38.4 Å². The summed E-state index contributed by atoms with van der Waals surface area (Å²) in [5.41, 5.74) is 0.387. The lowest BCUT2D eigenvalue weighted by molar-refractivity contribution is -0.274. The third-order valence-electron chi connectivity index (χ3n) is 2.99. The smallest absolute Gasteiger partial charge is 0.481 e. The van der Waals surface area contributed by atoms with Crippen LogP contribution in [0.1, 0.15) is 0 Å². The van der Waals surface area contributed by atoms with Crippen LogP contribution in [0.5, 0.6) is 5.75 Å². The number of rotatable bonds is 6. The van der Waals surface area contributed by atoms with Gasteiger partial charge in [-0.1, -0.05) is 23.9 Å². The molecule has 136 valence electrons. The Hall–Kier alpha value is -2.95. The van der Waals surface area contributed by atoms with Gasteiger partial charge < -0.3 is 19.2 Å². The number of alkyl halides is 3. The second kappa shape index (κ2) is 7.12. The number of aromatic amines is 1. The van der Waals surface area contributed by atoms with Crippen molar-refractivity contribution in [3.05, 3.63) is 36.4 Å². The highest BCUT2D eigenvalue weighted by molar-refractivity contribution is 7.99. The van der Waals surface area contributed by atoms with Gasteiger partial charge in [0.15, 0.2) is 16.7 Å². The number of benzene rings is 1. The molecule has 2 N–H and O–H groups in total. The predicted molar refractivity (Wildman–Crippen MR) is 84.6 cm³/mol. The van der Waals surface area contributed by atoms with Gasteiger partial charge >= 0.3 is 12.3 Å². The van der Waals surface area contributed by atoms with E-state index in [9.17, 15) is 18.0 Å². The molecule has 0 saturated heterocycles. The van der Waals surface area contributed by atoms with E-state index in [4.69, 9.17) is 9.52 Å². The first-order chi connectivity index (χ1) is 12.3. The van der Waals surface area contributed by atoms with E-state index in [0.29, 0.717) is 22.2 Å². The largest absolute Gasteiger partial charge is 0.573 e. The Balaban J connectivity index is 1.78. The minimum absolute atomic E-state index is 0.177. The van der Waals surface area contributed by atoms with Crippen molar-refractivity contribution in [3.63, 3.8) is 0 Å². The van der Waals surface area contributed by atoms with Crippen LogP contribution < -0.4 is 4.74 Å². The van der Waals surface area contributed by atoms with Crippen molar-refractivity contribution < 1.29 is 32.2 Å². The van der Waals surface area contributed by atoms with Crippen molar-refractivity contribution in [1.82, 2.24) is 15.2 Å². The van der Waals surface area contributed by atoms with Gasteiger partial charge in [-0.15, -0.1) is 23.4 Å². The number of ether oxygens (including phenoxy) is 1. The van der Waals surface area contributed by atoms with Gasteiger partial charge in [0.2, 0.25) is 0 Å². The Morgan fingerprint density at radius 2 is 2.00 bits per heavy atom. The molecule has 11 heteroatoms. The average Bonchev–Trinajstić information content (AvgIpc) is 3.21. The zero-order valence-corrected chi connectivity index (χ0v) is 13.6. The van der Waals surface area contributed by atoms with Crippen molar-refractivity contribution >= 4 is 17.7 Å². The molecule has 2 heterocycles. The number of halogens is 3. The molecular formula is C15H10F3N3O4S. The number of furan rings is 1. The fourth-order valence-corrected chi connectivity index (χ4v) is 2.55. The van der Waals surface area contributed by atoms with Crippen molar-refractivity contribution in [3.8, 4) is 28.7 Å². The highest BCUT2D eigenvalue weighted by Gasteiger charge is 2.31. The van der Waals surface area contributed by atoms with E-state index in [1.54, 1.807) is 18.2 Å². The van der Waals surface area contributed by atoms with Gasteiger partial charge in [-0.05, 0) is 24.3 Å². The van der Waals surface area contributed by atoms with Crippen molar-refractivity contribution in [2.24, 2.45) is 0 Å². The molecule has 0 spiro atoms. The lowest BCUT2D eigenvalue weighted by Crippen LogP contribution is -2.17. The number of thioether (sulfide) groups is 1. The average molecular weight is 385 g/mol. The SMILES string of the molecule is O=C(O)CSc1nnc(-c2ccc(-c3cccc(OC(F)(F)F)c3)o2)[nH]1. The number of hydrogen-bond acceptors (Lipinski definition) is 6. The van der Waals surface area contributed by atoms with E-state index in [0.717, 1.165) is 11.8 Å².